The molecule has 0 saturated heterocycles. The lowest BCUT2D eigenvalue weighted by Gasteiger charge is -2.36. The first-order chi connectivity index (χ1) is 13.1. The van der Waals surface area contributed by atoms with Crippen molar-refractivity contribution in [2.75, 3.05) is 38.8 Å². The molecule has 7 heteroatoms. The molecule has 146 valence electrons. The van der Waals surface area contributed by atoms with Gasteiger partial charge < -0.3 is 25.0 Å². The number of carbonyl (C=O) groups is 2. The number of rotatable bonds is 7. The Kier molecular flexibility index (Phi) is 6.34. The molecule has 1 atom stereocenters. The third-order valence-corrected chi connectivity index (χ3v) is 4.97. The van der Waals surface area contributed by atoms with Gasteiger partial charge in [-0.15, -0.1) is 0 Å². The Balaban J connectivity index is 1.62. The van der Waals surface area contributed by atoms with Crippen LogP contribution in [0.5, 0.6) is 5.75 Å². The van der Waals surface area contributed by atoms with Gasteiger partial charge in [-0.2, -0.15) is 0 Å². The fraction of sp³-hybridized carbons (Fsp3) is 0.500. The van der Waals surface area contributed by atoms with E-state index in [4.69, 9.17) is 9.47 Å². The summed E-state index contributed by atoms with van der Waals surface area (Å²) in [6, 6.07) is 5.50. The van der Waals surface area contributed by atoms with Crippen LogP contribution in [0.4, 0.5) is 5.69 Å². The number of likely N-dealkylation sites (N-methyl/N-ethyl adjacent to an activating group) is 1. The Labute approximate surface area is 159 Å². The molecule has 0 saturated carbocycles. The van der Waals surface area contributed by atoms with Crippen LogP contribution in [0, 0.1) is 0 Å². The first-order valence-electron chi connectivity index (χ1n) is 9.29. The Hall–Kier alpha value is -2.54. The zero-order valence-corrected chi connectivity index (χ0v) is 15.9. The number of carbonyl (C=O) groups excluding carboxylic acids is 2. The molecular weight excluding hydrogens is 346 g/mol. The van der Waals surface area contributed by atoms with Crippen molar-refractivity contribution in [2.24, 2.45) is 0 Å². The minimum Gasteiger partial charge on any atom is -0.489 e. The monoisotopic (exact) mass is 373 g/mol. The van der Waals surface area contributed by atoms with E-state index in [2.05, 4.69) is 22.8 Å². The van der Waals surface area contributed by atoms with Crippen molar-refractivity contribution in [2.45, 2.75) is 31.3 Å². The molecule has 2 amide bonds. The molecule has 2 N–H and O–H groups in total. The molecule has 0 unspecified atom stereocenters. The second kappa shape index (κ2) is 8.90. The average Bonchev–Trinajstić information content (AvgIpc) is 3.17. The molecule has 7 nitrogen and oxygen atoms in total. The van der Waals surface area contributed by atoms with Gasteiger partial charge in [0.25, 0.3) is 5.91 Å². The zero-order valence-electron chi connectivity index (χ0n) is 15.9. The Bertz CT molecular complexity index is 711. The van der Waals surface area contributed by atoms with Crippen molar-refractivity contribution in [3.05, 3.63) is 35.9 Å². The quantitative estimate of drug-likeness (QED) is 0.559. The zero-order chi connectivity index (χ0) is 19.2. The van der Waals surface area contributed by atoms with Crippen molar-refractivity contribution < 1.29 is 19.1 Å². The number of benzene rings is 1. The number of methoxy groups -OCH3 is 1. The van der Waals surface area contributed by atoms with Crippen LogP contribution in [-0.4, -0.2) is 57.8 Å². The number of hydrogen-bond donors (Lipinski definition) is 2. The van der Waals surface area contributed by atoms with Gasteiger partial charge in [0.1, 0.15) is 12.4 Å². The molecule has 1 aromatic carbocycles. The van der Waals surface area contributed by atoms with Crippen molar-refractivity contribution in [1.82, 2.24) is 10.6 Å². The molecule has 0 aromatic heterocycles. The SMILES string of the molecule is COCCNC(=O)c1ccc2c(c1)N(C)[C@H](CC(=O)NC1CC=CC1)CO2. The van der Waals surface area contributed by atoms with Gasteiger partial charge in [-0.3, -0.25) is 9.59 Å². The highest BCUT2D eigenvalue weighted by Crippen LogP contribution is 2.34. The van der Waals surface area contributed by atoms with E-state index in [1.807, 2.05) is 18.0 Å². The smallest absolute Gasteiger partial charge is 0.251 e. The van der Waals surface area contributed by atoms with Gasteiger partial charge in [-0.05, 0) is 31.0 Å². The number of nitrogens with zero attached hydrogens (tertiary/aromatic N) is 1. The van der Waals surface area contributed by atoms with E-state index < -0.39 is 0 Å². The van der Waals surface area contributed by atoms with Crippen LogP contribution in [0.2, 0.25) is 0 Å². The molecule has 27 heavy (non-hydrogen) atoms. The van der Waals surface area contributed by atoms with Crippen LogP contribution in [0.1, 0.15) is 29.6 Å². The third-order valence-electron chi connectivity index (χ3n) is 4.97. The van der Waals surface area contributed by atoms with Crippen LogP contribution in [0.15, 0.2) is 30.4 Å². The molecule has 0 radical (unpaired) electrons. The number of fused-ring (bicyclic) bond motifs is 1. The normalized spacial score (nSPS) is 18.7. The van der Waals surface area contributed by atoms with Crippen LogP contribution >= 0.6 is 0 Å². The third kappa shape index (κ3) is 4.80. The summed E-state index contributed by atoms with van der Waals surface area (Å²) in [5.74, 6) is 0.598. The van der Waals surface area contributed by atoms with E-state index in [9.17, 15) is 9.59 Å². The average molecular weight is 373 g/mol. The second-order valence-electron chi connectivity index (χ2n) is 6.92. The van der Waals surface area contributed by atoms with E-state index in [0.717, 1.165) is 24.3 Å². The summed E-state index contributed by atoms with van der Waals surface area (Å²) >= 11 is 0. The van der Waals surface area contributed by atoms with Crippen LogP contribution < -0.4 is 20.3 Å². The number of anilines is 1. The number of ether oxygens (including phenoxy) is 2. The molecule has 0 bridgehead atoms. The molecule has 1 aliphatic heterocycles. The highest BCUT2D eigenvalue weighted by Gasteiger charge is 2.28. The van der Waals surface area contributed by atoms with Crippen molar-refractivity contribution in [1.29, 1.82) is 0 Å². The molecule has 3 rings (SSSR count). The molecule has 0 fully saturated rings. The summed E-state index contributed by atoms with van der Waals surface area (Å²) in [6.07, 6.45) is 6.34. The first kappa shape index (κ1) is 19.2. The van der Waals surface area contributed by atoms with Gasteiger partial charge in [-0.1, -0.05) is 12.2 Å². The lowest BCUT2D eigenvalue weighted by molar-refractivity contribution is -0.122. The van der Waals surface area contributed by atoms with Gasteiger partial charge in [0.15, 0.2) is 0 Å². The molecule has 0 spiro atoms. The maximum absolute atomic E-state index is 12.3. The summed E-state index contributed by atoms with van der Waals surface area (Å²) in [5, 5.41) is 5.88. The van der Waals surface area contributed by atoms with E-state index in [1.165, 1.54) is 0 Å². The topological polar surface area (TPSA) is 79.9 Å². The minimum absolute atomic E-state index is 0.0288. The van der Waals surface area contributed by atoms with Gasteiger partial charge in [0.05, 0.1) is 24.8 Å². The van der Waals surface area contributed by atoms with Crippen molar-refractivity contribution in [3.8, 4) is 5.75 Å². The summed E-state index contributed by atoms with van der Waals surface area (Å²) in [7, 11) is 3.53. The Morgan fingerprint density at radius 3 is 2.81 bits per heavy atom. The lowest BCUT2D eigenvalue weighted by Crippen LogP contribution is -2.45. The van der Waals surface area contributed by atoms with E-state index in [0.29, 0.717) is 31.7 Å². The van der Waals surface area contributed by atoms with Crippen LogP contribution in [0.25, 0.3) is 0 Å². The van der Waals surface area contributed by atoms with Gasteiger partial charge in [0.2, 0.25) is 5.91 Å². The highest BCUT2D eigenvalue weighted by atomic mass is 16.5. The van der Waals surface area contributed by atoms with Gasteiger partial charge in [-0.25, -0.2) is 0 Å². The fourth-order valence-corrected chi connectivity index (χ4v) is 3.35. The van der Waals surface area contributed by atoms with Crippen molar-refractivity contribution >= 4 is 17.5 Å². The van der Waals surface area contributed by atoms with E-state index in [-0.39, 0.29) is 23.9 Å². The Morgan fingerprint density at radius 2 is 2.07 bits per heavy atom. The largest absolute Gasteiger partial charge is 0.489 e. The summed E-state index contributed by atoms with van der Waals surface area (Å²) in [4.78, 5) is 26.6. The molecular formula is C20H27N3O4. The second-order valence-corrected chi connectivity index (χ2v) is 6.92. The molecule has 2 aliphatic rings. The summed E-state index contributed by atoms with van der Waals surface area (Å²) in [5.41, 5.74) is 1.38. The maximum Gasteiger partial charge on any atom is 0.251 e. The standard InChI is InChI=1S/C20H27N3O4/c1-23-16(12-19(24)22-15-5-3-4-6-15)13-27-18-8-7-14(11-17(18)23)20(25)21-9-10-26-2/h3-4,7-8,11,15-16H,5-6,9-10,12-13H2,1-2H3,(H,21,25)(H,22,24)/t16-/m1/s1. The number of nitrogens with one attached hydrogen (secondary N) is 2. The predicted molar refractivity (Wildman–Crippen MR) is 103 cm³/mol. The lowest BCUT2D eigenvalue weighted by atomic mass is 10.1. The summed E-state index contributed by atoms with van der Waals surface area (Å²) < 4.78 is 10.8. The fourth-order valence-electron chi connectivity index (χ4n) is 3.35. The first-order valence-corrected chi connectivity index (χ1v) is 9.29. The molecule has 1 aromatic rings. The highest BCUT2D eigenvalue weighted by molar-refractivity contribution is 5.95. The van der Waals surface area contributed by atoms with Crippen LogP contribution in [-0.2, 0) is 9.53 Å². The number of hydrogen-bond acceptors (Lipinski definition) is 5. The molecule has 1 aliphatic carbocycles. The minimum atomic E-state index is -0.156. The summed E-state index contributed by atoms with van der Waals surface area (Å²) in [6.45, 7) is 1.37. The predicted octanol–water partition coefficient (Wildman–Crippen LogP) is 1.48. The van der Waals surface area contributed by atoms with Gasteiger partial charge >= 0.3 is 0 Å². The Morgan fingerprint density at radius 1 is 1.30 bits per heavy atom. The number of amides is 2. The van der Waals surface area contributed by atoms with Gasteiger partial charge in [0, 0.05) is 32.3 Å². The molecule has 1 heterocycles. The van der Waals surface area contributed by atoms with E-state index >= 15 is 0 Å². The van der Waals surface area contributed by atoms with Crippen molar-refractivity contribution in [3.63, 3.8) is 0 Å². The maximum atomic E-state index is 12.3. The van der Waals surface area contributed by atoms with E-state index in [1.54, 1.807) is 19.2 Å². The van der Waals surface area contributed by atoms with Crippen LogP contribution in [0.3, 0.4) is 0 Å².